The van der Waals surface area contributed by atoms with Gasteiger partial charge in [0, 0.05) is 11.0 Å². The van der Waals surface area contributed by atoms with Crippen LogP contribution in [0.1, 0.15) is 21.0 Å². The first-order chi connectivity index (χ1) is 8.61. The SMILES string of the molecule is COC(=O)c1c(C=O)n([O-])c2ccccc2[n+]1=O. The van der Waals surface area contributed by atoms with E-state index < -0.39 is 17.4 Å². The molecule has 1 aromatic heterocycles. The summed E-state index contributed by atoms with van der Waals surface area (Å²) < 4.78 is 4.85. The first-order valence-corrected chi connectivity index (χ1v) is 4.93. The van der Waals surface area contributed by atoms with Crippen molar-refractivity contribution in [1.29, 1.82) is 0 Å². The van der Waals surface area contributed by atoms with Gasteiger partial charge in [-0.1, -0.05) is 12.1 Å². The van der Waals surface area contributed by atoms with Crippen LogP contribution in [0.25, 0.3) is 11.0 Å². The molecule has 92 valence electrons. The number of hydrogen-bond acceptors (Lipinski definition) is 5. The molecule has 0 fully saturated rings. The number of methoxy groups -OCH3 is 1. The number of nitrogens with zero attached hydrogens (tertiary/aromatic N) is 2. The van der Waals surface area contributed by atoms with Crippen LogP contribution in [0, 0.1) is 10.1 Å². The van der Waals surface area contributed by atoms with Gasteiger partial charge < -0.3 is 14.7 Å². The number of esters is 1. The van der Waals surface area contributed by atoms with Crippen LogP contribution in [0.15, 0.2) is 24.3 Å². The van der Waals surface area contributed by atoms with Crippen molar-refractivity contribution >= 4 is 23.3 Å². The number of benzene rings is 1. The summed E-state index contributed by atoms with van der Waals surface area (Å²) in [6.07, 6.45) is 0.153. The van der Waals surface area contributed by atoms with Gasteiger partial charge in [0.25, 0.3) is 5.52 Å². The second-order valence-corrected chi connectivity index (χ2v) is 3.42. The van der Waals surface area contributed by atoms with Crippen LogP contribution in [0.3, 0.4) is 0 Å². The Bertz CT molecular complexity index is 704. The summed E-state index contributed by atoms with van der Waals surface area (Å²) in [5.74, 6) is -1.04. The van der Waals surface area contributed by atoms with Crippen molar-refractivity contribution in [2.24, 2.45) is 0 Å². The van der Waals surface area contributed by atoms with E-state index in [0.717, 1.165) is 7.11 Å². The molecule has 0 amide bonds. The lowest BCUT2D eigenvalue weighted by atomic mass is 10.2. The van der Waals surface area contributed by atoms with Gasteiger partial charge in [0.2, 0.25) is 0 Å². The Morgan fingerprint density at radius 3 is 2.72 bits per heavy atom. The molecule has 0 N–H and O–H groups in total. The van der Waals surface area contributed by atoms with Gasteiger partial charge in [-0.05, 0) is 6.07 Å². The molecule has 0 aliphatic heterocycles. The maximum Gasteiger partial charge on any atom is 0.411 e. The predicted molar refractivity (Wildman–Crippen MR) is 60.8 cm³/mol. The number of carbonyl (C=O) groups excluding carboxylic acids is 2. The molecular formula is C11H8N2O5. The molecule has 2 rings (SSSR count). The van der Waals surface area contributed by atoms with E-state index in [2.05, 4.69) is 4.74 Å². The lowest BCUT2D eigenvalue weighted by Crippen LogP contribution is -2.31. The van der Waals surface area contributed by atoms with Crippen molar-refractivity contribution in [1.82, 2.24) is 4.73 Å². The molecule has 7 nitrogen and oxygen atoms in total. The number of hydrogen-bond donors (Lipinski definition) is 0. The molecule has 1 heterocycles. The Balaban J connectivity index is 3.02. The minimum Gasteiger partial charge on any atom is -0.805 e. The van der Waals surface area contributed by atoms with Gasteiger partial charge in [0.05, 0.1) is 11.5 Å². The first-order valence-electron chi connectivity index (χ1n) is 4.93. The highest BCUT2D eigenvalue weighted by molar-refractivity contribution is 5.95. The normalized spacial score (nSPS) is 10.3. The molecule has 0 saturated carbocycles. The van der Waals surface area contributed by atoms with Gasteiger partial charge in [-0.3, -0.25) is 4.79 Å². The molecule has 0 atom stereocenters. The van der Waals surface area contributed by atoms with Crippen LogP contribution in [0.4, 0.5) is 0 Å². The van der Waals surface area contributed by atoms with Gasteiger partial charge in [-0.25, -0.2) is 4.79 Å². The zero-order chi connectivity index (χ0) is 13.3. The highest BCUT2D eigenvalue weighted by Crippen LogP contribution is 2.13. The maximum atomic E-state index is 12.0. The number of aldehydes is 1. The second-order valence-electron chi connectivity index (χ2n) is 3.42. The van der Waals surface area contributed by atoms with Gasteiger partial charge in [-0.15, -0.1) is 0 Å². The van der Waals surface area contributed by atoms with E-state index in [1.54, 1.807) is 12.1 Å². The molecule has 1 aromatic carbocycles. The van der Waals surface area contributed by atoms with Crippen LogP contribution in [-0.4, -0.2) is 24.1 Å². The van der Waals surface area contributed by atoms with E-state index >= 15 is 0 Å². The van der Waals surface area contributed by atoms with Crippen molar-refractivity contribution in [3.8, 4) is 0 Å². The van der Waals surface area contributed by atoms with E-state index in [1.165, 1.54) is 12.1 Å². The fraction of sp³-hybridized carbons (Fsp3) is 0.0909. The number of aromatic nitrogens is 2. The minimum absolute atomic E-state index is 0.00209. The summed E-state index contributed by atoms with van der Waals surface area (Å²) in [5.41, 5.74) is -1.21. The number of rotatable bonds is 2. The third-order valence-corrected chi connectivity index (χ3v) is 2.47. The molecule has 0 aliphatic rings. The summed E-state index contributed by atoms with van der Waals surface area (Å²) in [5, 5.41) is 11.9. The maximum absolute atomic E-state index is 12.0. The third-order valence-electron chi connectivity index (χ3n) is 2.47. The van der Waals surface area contributed by atoms with E-state index in [-0.39, 0.29) is 26.5 Å². The minimum atomic E-state index is -1.04. The lowest BCUT2D eigenvalue weighted by molar-refractivity contribution is -0.469. The van der Waals surface area contributed by atoms with Crippen LogP contribution in [0.5, 0.6) is 0 Å². The average Bonchev–Trinajstić information content (AvgIpc) is 2.41. The molecule has 7 heteroatoms. The molecule has 18 heavy (non-hydrogen) atoms. The summed E-state index contributed by atoms with van der Waals surface area (Å²) in [4.78, 5) is 34.3. The zero-order valence-corrected chi connectivity index (χ0v) is 9.32. The molecular weight excluding hydrogens is 240 g/mol. The van der Waals surface area contributed by atoms with Crippen molar-refractivity contribution in [3.05, 3.63) is 45.8 Å². The number of fused-ring (bicyclic) bond motifs is 1. The summed E-state index contributed by atoms with van der Waals surface area (Å²) in [6, 6.07) is 5.84. The highest BCUT2D eigenvalue weighted by atomic mass is 16.5. The molecule has 2 aromatic rings. The van der Waals surface area contributed by atoms with Gasteiger partial charge in [0.1, 0.15) is 5.52 Å². The van der Waals surface area contributed by atoms with Crippen molar-refractivity contribution in [2.45, 2.75) is 0 Å². The fourth-order valence-corrected chi connectivity index (χ4v) is 1.65. The molecule has 0 saturated heterocycles. The second kappa shape index (κ2) is 4.28. The fourth-order valence-electron chi connectivity index (χ4n) is 1.65. The smallest absolute Gasteiger partial charge is 0.411 e. The average molecular weight is 248 g/mol. The van der Waals surface area contributed by atoms with Gasteiger partial charge in [0.15, 0.2) is 12.0 Å². The van der Waals surface area contributed by atoms with Crippen LogP contribution >= 0.6 is 0 Å². The van der Waals surface area contributed by atoms with Crippen LogP contribution in [0.2, 0.25) is 0 Å². The third kappa shape index (κ3) is 1.53. The van der Waals surface area contributed by atoms with Crippen LogP contribution in [-0.2, 0) is 4.74 Å². The molecule has 0 aliphatic carbocycles. The topological polar surface area (TPSA) is 94.3 Å². The Kier molecular flexibility index (Phi) is 2.80. The molecule has 0 unspecified atom stereocenters. The Hall–Kier alpha value is -2.70. The largest absolute Gasteiger partial charge is 0.805 e. The monoisotopic (exact) mass is 248 g/mol. The van der Waals surface area contributed by atoms with Crippen molar-refractivity contribution in [2.75, 3.05) is 7.11 Å². The van der Waals surface area contributed by atoms with Gasteiger partial charge >= 0.3 is 11.7 Å². The molecule has 0 bridgehead atoms. The van der Waals surface area contributed by atoms with Crippen molar-refractivity contribution < 1.29 is 18.8 Å². The standard InChI is InChI=1S/C11H8N2O5/c1-18-11(15)10-9(6-14)12(16)7-4-2-3-5-8(7)13(10)17/h2-6H,1H3. The van der Waals surface area contributed by atoms with E-state index in [0.29, 0.717) is 0 Å². The van der Waals surface area contributed by atoms with E-state index in [1.807, 2.05) is 0 Å². The first kappa shape index (κ1) is 11.8. The Morgan fingerprint density at radius 1 is 1.44 bits per heavy atom. The summed E-state index contributed by atoms with van der Waals surface area (Å²) in [7, 11) is 1.06. The van der Waals surface area contributed by atoms with Crippen molar-refractivity contribution in [3.63, 3.8) is 0 Å². The summed E-state index contributed by atoms with van der Waals surface area (Å²) >= 11 is 0. The molecule has 0 radical (unpaired) electrons. The number of ether oxygens (including phenoxy) is 1. The summed E-state index contributed by atoms with van der Waals surface area (Å²) in [6.45, 7) is 0. The van der Waals surface area contributed by atoms with E-state index in [9.17, 15) is 19.7 Å². The number of para-hydroxylation sites is 2. The lowest BCUT2D eigenvalue weighted by Gasteiger charge is -2.14. The van der Waals surface area contributed by atoms with Crippen LogP contribution < -0.4 is 4.43 Å². The Labute approximate surface area is 100 Å². The van der Waals surface area contributed by atoms with E-state index in [4.69, 9.17) is 0 Å². The number of carbonyl (C=O) groups is 2. The Morgan fingerprint density at radius 2 is 2.11 bits per heavy atom. The zero-order valence-electron chi connectivity index (χ0n) is 9.32. The van der Waals surface area contributed by atoms with Gasteiger partial charge in [-0.2, -0.15) is 0 Å². The predicted octanol–water partition coefficient (Wildman–Crippen LogP) is 0.501. The molecule has 0 spiro atoms. The highest BCUT2D eigenvalue weighted by Gasteiger charge is 2.29. The quantitative estimate of drug-likeness (QED) is 0.438.